The van der Waals surface area contributed by atoms with Crippen LogP contribution < -0.4 is 11.5 Å². The largest absolute Gasteiger partial charge is 0.399 e. The smallest absolute Gasteiger partial charge is 0.231 e. The summed E-state index contributed by atoms with van der Waals surface area (Å²) in [5.74, 6) is -0.439. The number of carbonyl (C=O) groups is 1. The van der Waals surface area contributed by atoms with E-state index in [2.05, 4.69) is 0 Å². The van der Waals surface area contributed by atoms with Crippen LogP contribution in [0, 0.1) is 11.3 Å². The number of anilines is 1. The normalized spacial score (nSPS) is 10.0. The molecule has 0 heterocycles. The molecule has 5 heteroatoms. The molecule has 0 fully saturated rings. The highest BCUT2D eigenvalue weighted by atomic mass is 16.1. The topological polar surface area (TPSA) is 96.1 Å². The van der Waals surface area contributed by atoms with E-state index in [0.717, 1.165) is 5.56 Å². The average molecular weight is 218 g/mol. The van der Waals surface area contributed by atoms with Crippen LogP contribution in [0.4, 0.5) is 5.69 Å². The Balaban J connectivity index is 2.64. The van der Waals surface area contributed by atoms with Crippen LogP contribution in [-0.4, -0.2) is 23.9 Å². The van der Waals surface area contributed by atoms with Crippen molar-refractivity contribution in [3.8, 4) is 6.07 Å². The van der Waals surface area contributed by atoms with Crippen LogP contribution in [0.15, 0.2) is 24.3 Å². The molecule has 84 valence electrons. The van der Waals surface area contributed by atoms with Gasteiger partial charge in [0.05, 0.1) is 19.2 Å². The zero-order chi connectivity index (χ0) is 12.0. The fraction of sp³-hybridized carbons (Fsp3) is 0.273. The highest BCUT2D eigenvalue weighted by molar-refractivity contribution is 5.75. The monoisotopic (exact) mass is 218 g/mol. The summed E-state index contributed by atoms with van der Waals surface area (Å²) in [6.07, 6.45) is 0. The summed E-state index contributed by atoms with van der Waals surface area (Å²) in [7, 11) is 0. The number of nitrogens with zero attached hydrogens (tertiary/aromatic N) is 2. The maximum Gasteiger partial charge on any atom is 0.231 e. The van der Waals surface area contributed by atoms with Crippen molar-refractivity contribution in [1.82, 2.24) is 4.90 Å². The van der Waals surface area contributed by atoms with Gasteiger partial charge < -0.3 is 11.5 Å². The quantitative estimate of drug-likeness (QED) is 0.540. The lowest BCUT2D eigenvalue weighted by atomic mass is 10.2. The highest BCUT2D eigenvalue weighted by Gasteiger charge is 2.08. The van der Waals surface area contributed by atoms with E-state index < -0.39 is 5.91 Å². The van der Waals surface area contributed by atoms with Gasteiger partial charge in [0.2, 0.25) is 5.91 Å². The fourth-order valence-electron chi connectivity index (χ4n) is 1.37. The van der Waals surface area contributed by atoms with Crippen molar-refractivity contribution in [3.05, 3.63) is 29.8 Å². The van der Waals surface area contributed by atoms with Crippen molar-refractivity contribution in [2.24, 2.45) is 5.73 Å². The van der Waals surface area contributed by atoms with Crippen LogP contribution in [0.1, 0.15) is 5.56 Å². The predicted molar refractivity (Wildman–Crippen MR) is 60.9 cm³/mol. The van der Waals surface area contributed by atoms with E-state index in [1.807, 2.05) is 18.2 Å². The van der Waals surface area contributed by atoms with E-state index in [0.29, 0.717) is 12.2 Å². The Kier molecular flexibility index (Phi) is 4.30. The van der Waals surface area contributed by atoms with Gasteiger partial charge >= 0.3 is 0 Å². The Morgan fingerprint density at radius 1 is 1.38 bits per heavy atom. The molecule has 1 amide bonds. The van der Waals surface area contributed by atoms with Crippen molar-refractivity contribution >= 4 is 11.6 Å². The van der Waals surface area contributed by atoms with Gasteiger partial charge in [-0.2, -0.15) is 5.26 Å². The number of hydrogen-bond acceptors (Lipinski definition) is 4. The van der Waals surface area contributed by atoms with Crippen LogP contribution in [0.5, 0.6) is 0 Å². The fourth-order valence-corrected chi connectivity index (χ4v) is 1.37. The number of nitrogens with two attached hydrogens (primary N) is 2. The summed E-state index contributed by atoms with van der Waals surface area (Å²) in [5.41, 5.74) is 12.3. The summed E-state index contributed by atoms with van der Waals surface area (Å²) in [5, 5.41) is 8.61. The molecule has 5 nitrogen and oxygen atoms in total. The molecule has 0 aliphatic rings. The first-order valence-electron chi connectivity index (χ1n) is 4.84. The molecule has 1 aromatic rings. The van der Waals surface area contributed by atoms with Crippen LogP contribution in [-0.2, 0) is 11.3 Å². The Morgan fingerprint density at radius 3 is 2.50 bits per heavy atom. The maximum absolute atomic E-state index is 10.8. The molecular weight excluding hydrogens is 204 g/mol. The molecule has 0 aliphatic heterocycles. The van der Waals surface area contributed by atoms with E-state index in [1.54, 1.807) is 17.0 Å². The summed E-state index contributed by atoms with van der Waals surface area (Å²) < 4.78 is 0. The van der Waals surface area contributed by atoms with Gasteiger partial charge in [-0.25, -0.2) is 0 Å². The zero-order valence-electron chi connectivity index (χ0n) is 8.89. The first-order valence-corrected chi connectivity index (χ1v) is 4.84. The molecule has 0 saturated carbocycles. The Hall–Kier alpha value is -2.06. The van der Waals surface area contributed by atoms with Gasteiger partial charge in [-0.05, 0) is 17.7 Å². The number of nitriles is 1. The van der Waals surface area contributed by atoms with Crippen LogP contribution in [0.25, 0.3) is 0 Å². The number of nitrogen functional groups attached to an aromatic ring is 1. The Bertz CT molecular complexity index is 393. The van der Waals surface area contributed by atoms with Gasteiger partial charge in [-0.3, -0.25) is 9.69 Å². The summed E-state index contributed by atoms with van der Waals surface area (Å²) in [6.45, 7) is 0.766. The second-order valence-electron chi connectivity index (χ2n) is 3.51. The lowest BCUT2D eigenvalue weighted by Crippen LogP contribution is -2.33. The average Bonchev–Trinajstić information content (AvgIpc) is 2.21. The SMILES string of the molecule is N#CCN(CC(N)=O)Cc1ccc(N)cc1. The van der Waals surface area contributed by atoms with Crippen molar-refractivity contribution in [1.29, 1.82) is 5.26 Å². The molecule has 0 bridgehead atoms. The van der Waals surface area contributed by atoms with Gasteiger partial charge in [-0.15, -0.1) is 0 Å². The molecule has 0 unspecified atom stereocenters. The molecule has 16 heavy (non-hydrogen) atoms. The first kappa shape index (κ1) is 12.0. The van der Waals surface area contributed by atoms with E-state index in [-0.39, 0.29) is 13.1 Å². The Morgan fingerprint density at radius 2 is 2.00 bits per heavy atom. The van der Waals surface area contributed by atoms with E-state index in [9.17, 15) is 4.79 Å². The number of benzene rings is 1. The third-order valence-electron chi connectivity index (χ3n) is 2.06. The van der Waals surface area contributed by atoms with Crippen LogP contribution in [0.2, 0.25) is 0 Å². The van der Waals surface area contributed by atoms with Crippen LogP contribution >= 0.6 is 0 Å². The van der Waals surface area contributed by atoms with Gasteiger partial charge in [-0.1, -0.05) is 12.1 Å². The molecule has 0 saturated heterocycles. The summed E-state index contributed by atoms with van der Waals surface area (Å²) in [4.78, 5) is 12.5. The molecular formula is C11H14N4O. The first-order chi connectivity index (χ1) is 7.61. The molecule has 0 atom stereocenters. The third-order valence-corrected chi connectivity index (χ3v) is 2.06. The van der Waals surface area contributed by atoms with Gasteiger partial charge in [0.15, 0.2) is 0 Å². The van der Waals surface area contributed by atoms with Gasteiger partial charge in [0, 0.05) is 12.2 Å². The number of rotatable bonds is 5. The van der Waals surface area contributed by atoms with Crippen molar-refractivity contribution in [2.75, 3.05) is 18.8 Å². The molecule has 1 aromatic carbocycles. The van der Waals surface area contributed by atoms with Gasteiger partial charge in [0.25, 0.3) is 0 Å². The lowest BCUT2D eigenvalue weighted by molar-refractivity contribution is -0.119. The van der Waals surface area contributed by atoms with Crippen molar-refractivity contribution in [3.63, 3.8) is 0 Å². The number of hydrogen-bond donors (Lipinski definition) is 2. The third kappa shape index (κ3) is 3.98. The minimum Gasteiger partial charge on any atom is -0.399 e. The predicted octanol–water partition coefficient (Wildman–Crippen LogP) is 0.0797. The number of carbonyl (C=O) groups excluding carboxylic acids is 1. The molecule has 0 spiro atoms. The van der Waals surface area contributed by atoms with Crippen LogP contribution in [0.3, 0.4) is 0 Å². The molecule has 0 aliphatic carbocycles. The lowest BCUT2D eigenvalue weighted by Gasteiger charge is -2.16. The minimum atomic E-state index is -0.439. The Labute approximate surface area is 94.2 Å². The molecule has 1 rings (SSSR count). The number of amides is 1. The standard InChI is InChI=1S/C11H14N4O/c12-5-6-15(8-11(14)16)7-9-1-3-10(13)4-2-9/h1-4H,6-8,13H2,(H2,14,16). The van der Waals surface area contributed by atoms with E-state index >= 15 is 0 Å². The number of primary amides is 1. The molecule has 4 N–H and O–H groups in total. The van der Waals surface area contributed by atoms with E-state index in [4.69, 9.17) is 16.7 Å². The van der Waals surface area contributed by atoms with Crippen molar-refractivity contribution < 1.29 is 4.79 Å². The second-order valence-corrected chi connectivity index (χ2v) is 3.51. The molecule has 0 aromatic heterocycles. The summed E-state index contributed by atoms with van der Waals surface area (Å²) >= 11 is 0. The zero-order valence-corrected chi connectivity index (χ0v) is 8.89. The van der Waals surface area contributed by atoms with Crippen molar-refractivity contribution in [2.45, 2.75) is 6.54 Å². The maximum atomic E-state index is 10.8. The van der Waals surface area contributed by atoms with Gasteiger partial charge in [0.1, 0.15) is 0 Å². The van der Waals surface area contributed by atoms with E-state index in [1.165, 1.54) is 0 Å². The molecule has 0 radical (unpaired) electrons. The second kappa shape index (κ2) is 5.73. The summed E-state index contributed by atoms with van der Waals surface area (Å²) in [6, 6.07) is 9.29. The minimum absolute atomic E-state index is 0.0813. The highest BCUT2D eigenvalue weighted by Crippen LogP contribution is 2.08.